The van der Waals surface area contributed by atoms with Gasteiger partial charge in [0.2, 0.25) is 0 Å². The maximum atomic E-state index is 3.22. The van der Waals surface area contributed by atoms with Gasteiger partial charge in [-0.05, 0) is 0 Å². The minimum absolute atomic E-state index is 1.14. The number of thioether (sulfide) groups is 2. The molecule has 0 aromatic rings. The molecule has 0 bridgehead atoms. The molecule has 12 heavy (non-hydrogen) atoms. The monoisotopic (exact) mass is 206 g/mol. The topological polar surface area (TPSA) is 24.1 Å². The molecule has 0 aliphatic carbocycles. The zero-order chi connectivity index (χ0) is 8.49. The predicted molar refractivity (Wildman–Crippen MR) is 60.4 cm³/mol. The van der Waals surface area contributed by atoms with Gasteiger partial charge in [-0.15, -0.1) is 0 Å². The highest BCUT2D eigenvalue weighted by Crippen LogP contribution is 2.14. The van der Waals surface area contributed by atoms with Gasteiger partial charge in [0.05, 0.1) is 0 Å². The van der Waals surface area contributed by atoms with Crippen molar-refractivity contribution in [2.75, 3.05) is 49.2 Å². The summed E-state index contributed by atoms with van der Waals surface area (Å²) in [5.74, 6) is 5.52. The largest absolute Gasteiger partial charge is 0.314 e. The lowest BCUT2D eigenvalue weighted by atomic mass is 10.4. The third kappa shape index (κ3) is 6.17. The Kier molecular flexibility index (Phi) is 7.34. The van der Waals surface area contributed by atoms with Crippen LogP contribution in [0.4, 0.5) is 0 Å². The van der Waals surface area contributed by atoms with Crippen molar-refractivity contribution in [2.24, 2.45) is 0 Å². The normalized spacial score (nSPS) is 24.0. The van der Waals surface area contributed by atoms with Gasteiger partial charge in [-0.1, -0.05) is 0 Å². The highest BCUT2D eigenvalue weighted by molar-refractivity contribution is 8.06. The fourth-order valence-corrected chi connectivity index (χ4v) is 3.34. The first-order chi connectivity index (χ1) is 6.00. The summed E-state index contributed by atoms with van der Waals surface area (Å²) in [6, 6.07) is 0. The molecule has 2 rings (SSSR count). The maximum Gasteiger partial charge on any atom is 0.00772 e. The molecule has 2 fully saturated rings. The van der Waals surface area contributed by atoms with E-state index in [-0.39, 0.29) is 0 Å². The molecular weight excluding hydrogens is 188 g/mol. The highest BCUT2D eigenvalue weighted by Gasteiger charge is 1.95. The van der Waals surface area contributed by atoms with E-state index in [0.717, 1.165) is 26.2 Å². The van der Waals surface area contributed by atoms with Gasteiger partial charge in [0.1, 0.15) is 0 Å². The van der Waals surface area contributed by atoms with Gasteiger partial charge >= 0.3 is 0 Å². The molecule has 2 nitrogen and oxygen atoms in total. The van der Waals surface area contributed by atoms with Crippen LogP contribution in [0.2, 0.25) is 0 Å². The second-order valence-electron chi connectivity index (χ2n) is 2.72. The van der Waals surface area contributed by atoms with E-state index < -0.39 is 0 Å². The van der Waals surface area contributed by atoms with E-state index in [2.05, 4.69) is 34.2 Å². The Balaban J connectivity index is 0.000000120. The molecule has 72 valence electrons. The minimum Gasteiger partial charge on any atom is -0.314 e. The van der Waals surface area contributed by atoms with Crippen LogP contribution in [0, 0.1) is 0 Å². The Bertz CT molecular complexity index is 58.0. The summed E-state index contributed by atoms with van der Waals surface area (Å²) in [6.45, 7) is 4.56. The molecule has 2 saturated heterocycles. The van der Waals surface area contributed by atoms with E-state index in [9.17, 15) is 0 Å². The SMILES string of the molecule is C1CNCCN1.C1CSCCS1. The number of rotatable bonds is 0. The molecule has 4 heteroatoms. The average molecular weight is 206 g/mol. The second-order valence-corrected chi connectivity index (χ2v) is 5.17. The molecule has 2 N–H and O–H groups in total. The fraction of sp³-hybridized carbons (Fsp3) is 1.00. The Hall–Kier alpha value is 0.620. The lowest BCUT2D eigenvalue weighted by molar-refractivity contribution is 0.534. The molecule has 0 amide bonds. The summed E-state index contributed by atoms with van der Waals surface area (Å²) >= 11 is 4.15. The van der Waals surface area contributed by atoms with Crippen LogP contribution in [0.3, 0.4) is 0 Å². The van der Waals surface area contributed by atoms with Gasteiger partial charge in [0.15, 0.2) is 0 Å². The summed E-state index contributed by atoms with van der Waals surface area (Å²) in [5.41, 5.74) is 0. The lowest BCUT2D eigenvalue weighted by Gasteiger charge is -2.11. The fourth-order valence-electron chi connectivity index (χ4n) is 1.04. The number of nitrogens with one attached hydrogen (secondary N) is 2. The predicted octanol–water partition coefficient (Wildman–Crippen LogP) is 0.646. The van der Waals surface area contributed by atoms with E-state index in [4.69, 9.17) is 0 Å². The first-order valence-corrected chi connectivity index (χ1v) is 6.88. The molecule has 0 atom stereocenters. The van der Waals surface area contributed by atoms with E-state index in [1.807, 2.05) is 0 Å². The summed E-state index contributed by atoms with van der Waals surface area (Å²) in [4.78, 5) is 0. The van der Waals surface area contributed by atoms with E-state index in [0.29, 0.717) is 0 Å². The minimum atomic E-state index is 1.14. The molecule has 0 saturated carbocycles. The third-order valence-corrected chi connectivity index (χ3v) is 4.19. The molecule has 0 unspecified atom stereocenters. The zero-order valence-corrected chi connectivity index (χ0v) is 9.11. The quantitative estimate of drug-likeness (QED) is 0.608. The highest BCUT2D eigenvalue weighted by atomic mass is 32.2. The van der Waals surface area contributed by atoms with Crippen LogP contribution < -0.4 is 10.6 Å². The van der Waals surface area contributed by atoms with Crippen molar-refractivity contribution >= 4 is 23.5 Å². The van der Waals surface area contributed by atoms with Crippen molar-refractivity contribution < 1.29 is 0 Å². The first kappa shape index (κ1) is 10.7. The molecule has 2 aliphatic rings. The van der Waals surface area contributed by atoms with Crippen molar-refractivity contribution in [1.29, 1.82) is 0 Å². The van der Waals surface area contributed by atoms with Crippen molar-refractivity contribution in [1.82, 2.24) is 10.6 Å². The number of piperazine rings is 1. The smallest absolute Gasteiger partial charge is 0.00772 e. The maximum absolute atomic E-state index is 3.22. The van der Waals surface area contributed by atoms with Gasteiger partial charge in [-0.2, -0.15) is 23.5 Å². The molecule has 0 aromatic heterocycles. The molecule has 0 spiro atoms. The summed E-state index contributed by atoms with van der Waals surface area (Å²) in [5, 5.41) is 6.44. The molecular formula is C8H18N2S2. The van der Waals surface area contributed by atoms with E-state index in [1.165, 1.54) is 23.0 Å². The summed E-state index contributed by atoms with van der Waals surface area (Å²) < 4.78 is 0. The van der Waals surface area contributed by atoms with Crippen molar-refractivity contribution in [2.45, 2.75) is 0 Å². The lowest BCUT2D eigenvalue weighted by Crippen LogP contribution is -2.39. The molecule has 0 aromatic carbocycles. The van der Waals surface area contributed by atoms with Gasteiger partial charge in [0, 0.05) is 49.2 Å². The second kappa shape index (κ2) is 8.23. The average Bonchev–Trinajstić information content (AvgIpc) is 2.24. The van der Waals surface area contributed by atoms with Gasteiger partial charge in [-0.3, -0.25) is 0 Å². The van der Waals surface area contributed by atoms with E-state index >= 15 is 0 Å². The Morgan fingerprint density at radius 3 is 1.08 bits per heavy atom. The van der Waals surface area contributed by atoms with Crippen LogP contribution in [-0.2, 0) is 0 Å². The van der Waals surface area contributed by atoms with Gasteiger partial charge < -0.3 is 10.6 Å². The number of hydrogen-bond donors (Lipinski definition) is 2. The summed E-state index contributed by atoms with van der Waals surface area (Å²) in [7, 11) is 0. The number of hydrogen-bond acceptors (Lipinski definition) is 4. The Morgan fingerprint density at radius 2 is 0.917 bits per heavy atom. The van der Waals surface area contributed by atoms with Gasteiger partial charge in [-0.25, -0.2) is 0 Å². The van der Waals surface area contributed by atoms with Crippen LogP contribution in [0.25, 0.3) is 0 Å². The summed E-state index contributed by atoms with van der Waals surface area (Å²) in [6.07, 6.45) is 0. The third-order valence-electron chi connectivity index (χ3n) is 1.70. The molecule has 0 radical (unpaired) electrons. The van der Waals surface area contributed by atoms with E-state index in [1.54, 1.807) is 0 Å². The Morgan fingerprint density at radius 1 is 0.583 bits per heavy atom. The van der Waals surface area contributed by atoms with Crippen molar-refractivity contribution in [3.63, 3.8) is 0 Å². The molecule has 2 aliphatic heterocycles. The van der Waals surface area contributed by atoms with Crippen LogP contribution in [-0.4, -0.2) is 49.2 Å². The first-order valence-electron chi connectivity index (χ1n) is 4.57. The molecule has 2 heterocycles. The van der Waals surface area contributed by atoms with Crippen LogP contribution in [0.1, 0.15) is 0 Å². The van der Waals surface area contributed by atoms with Crippen molar-refractivity contribution in [3.05, 3.63) is 0 Å². The van der Waals surface area contributed by atoms with Gasteiger partial charge in [0.25, 0.3) is 0 Å². The van der Waals surface area contributed by atoms with Crippen LogP contribution in [0.5, 0.6) is 0 Å². The zero-order valence-electron chi connectivity index (χ0n) is 7.47. The standard InChI is InChI=1S/C4H10N2.C4H8S2/c2*1-2-6-4-3-5-1/h5-6H,1-4H2;1-4H2. The van der Waals surface area contributed by atoms with Crippen LogP contribution in [0.15, 0.2) is 0 Å². The Labute approximate surface area is 83.6 Å². The van der Waals surface area contributed by atoms with Crippen LogP contribution >= 0.6 is 23.5 Å². The van der Waals surface area contributed by atoms with Crippen molar-refractivity contribution in [3.8, 4) is 0 Å².